The van der Waals surface area contributed by atoms with Crippen molar-refractivity contribution in [3.8, 4) is 17.2 Å². The predicted octanol–water partition coefficient (Wildman–Crippen LogP) is 7.25. The van der Waals surface area contributed by atoms with Gasteiger partial charge >= 0.3 is 5.91 Å². The van der Waals surface area contributed by atoms with E-state index in [-0.39, 0.29) is 12.4 Å². The zero-order valence-corrected chi connectivity index (χ0v) is 22.4. The molecule has 0 unspecified atom stereocenters. The molecule has 0 atom stereocenters. The highest BCUT2D eigenvalue weighted by Gasteiger charge is 2.14. The summed E-state index contributed by atoms with van der Waals surface area (Å²) in [6.45, 7) is 2.68. The van der Waals surface area contributed by atoms with Gasteiger partial charge in [-0.25, -0.2) is 5.43 Å². The van der Waals surface area contributed by atoms with Crippen LogP contribution in [-0.4, -0.2) is 25.8 Å². The molecule has 0 saturated heterocycles. The third-order valence-corrected chi connectivity index (χ3v) is 6.35. The second kappa shape index (κ2) is 11.7. The highest BCUT2D eigenvalue weighted by atomic mass is 79.9. The standard InChI is InChI=1S/C26H21BrCl2N2O5/c1-3-34-19-6-7-22-16(8-19)9-25(36-22)26(32)31-30-13-17-10-23(33-2)24(12-20(17)27)35-14-15-4-5-18(28)11-21(15)29/h4-13H,3,14H2,1-2H3,(H,31,32)/b30-13+. The molecule has 7 nitrogen and oxygen atoms in total. The van der Waals surface area contributed by atoms with Crippen LogP contribution in [0.2, 0.25) is 10.0 Å². The number of hydrogen-bond donors (Lipinski definition) is 1. The van der Waals surface area contributed by atoms with Crippen LogP contribution < -0.4 is 19.6 Å². The van der Waals surface area contributed by atoms with Crippen LogP contribution in [0, 0.1) is 0 Å². The van der Waals surface area contributed by atoms with E-state index in [1.165, 1.54) is 13.3 Å². The Kier molecular flexibility index (Phi) is 8.40. The maximum Gasteiger partial charge on any atom is 0.307 e. The molecule has 1 heterocycles. The van der Waals surface area contributed by atoms with Crippen LogP contribution in [0.3, 0.4) is 0 Å². The number of benzene rings is 3. The molecule has 10 heteroatoms. The molecule has 1 N–H and O–H groups in total. The third kappa shape index (κ3) is 6.13. The Labute approximate surface area is 226 Å². The summed E-state index contributed by atoms with van der Waals surface area (Å²) in [6, 6.07) is 15.7. The Morgan fingerprint density at radius 1 is 1.08 bits per heavy atom. The summed E-state index contributed by atoms with van der Waals surface area (Å²) >= 11 is 15.7. The number of fused-ring (bicyclic) bond motifs is 1. The van der Waals surface area contributed by atoms with Crippen LogP contribution in [0.15, 0.2) is 68.6 Å². The monoisotopic (exact) mass is 590 g/mol. The van der Waals surface area contributed by atoms with Gasteiger partial charge in [0.25, 0.3) is 0 Å². The third-order valence-electron chi connectivity index (χ3n) is 5.07. The van der Waals surface area contributed by atoms with Gasteiger partial charge in [0.2, 0.25) is 0 Å². The maximum absolute atomic E-state index is 12.5. The zero-order valence-electron chi connectivity index (χ0n) is 19.3. The first kappa shape index (κ1) is 25.9. The number of ether oxygens (including phenoxy) is 3. The molecular formula is C26H21BrCl2N2O5. The molecule has 0 fully saturated rings. The van der Waals surface area contributed by atoms with Gasteiger partial charge in [-0.1, -0.05) is 29.3 Å². The summed E-state index contributed by atoms with van der Waals surface area (Å²) in [5.41, 5.74) is 4.50. The maximum atomic E-state index is 12.5. The van der Waals surface area contributed by atoms with Crippen LogP contribution in [0.5, 0.6) is 17.2 Å². The molecule has 0 spiro atoms. The van der Waals surface area contributed by atoms with Crippen molar-refractivity contribution in [3.05, 3.63) is 86.0 Å². The van der Waals surface area contributed by atoms with Gasteiger partial charge in [-0.05, 0) is 71.4 Å². The largest absolute Gasteiger partial charge is 0.494 e. The van der Waals surface area contributed by atoms with Gasteiger partial charge in [0.05, 0.1) is 19.9 Å². The molecule has 186 valence electrons. The smallest absolute Gasteiger partial charge is 0.307 e. The van der Waals surface area contributed by atoms with Crippen molar-refractivity contribution in [2.24, 2.45) is 5.10 Å². The van der Waals surface area contributed by atoms with E-state index in [4.69, 9.17) is 41.8 Å². The molecule has 4 aromatic rings. The van der Waals surface area contributed by atoms with Crippen molar-refractivity contribution >= 4 is 62.2 Å². The molecule has 36 heavy (non-hydrogen) atoms. The molecule has 0 saturated carbocycles. The summed E-state index contributed by atoms with van der Waals surface area (Å²) in [7, 11) is 1.53. The van der Waals surface area contributed by atoms with Gasteiger partial charge < -0.3 is 18.6 Å². The number of hydrogen-bond acceptors (Lipinski definition) is 6. The molecular weight excluding hydrogens is 571 g/mol. The second-order valence-electron chi connectivity index (χ2n) is 7.49. The summed E-state index contributed by atoms with van der Waals surface area (Å²) < 4.78 is 23.2. The Morgan fingerprint density at radius 2 is 1.92 bits per heavy atom. The topological polar surface area (TPSA) is 82.3 Å². The van der Waals surface area contributed by atoms with Gasteiger partial charge in [0.1, 0.15) is 17.9 Å². The zero-order chi connectivity index (χ0) is 25.7. The lowest BCUT2D eigenvalue weighted by atomic mass is 10.2. The number of methoxy groups -OCH3 is 1. The molecule has 0 aliphatic rings. The Hall–Kier alpha value is -3.20. The highest BCUT2D eigenvalue weighted by Crippen LogP contribution is 2.34. The van der Waals surface area contributed by atoms with Crippen molar-refractivity contribution in [1.82, 2.24) is 5.43 Å². The molecule has 3 aromatic carbocycles. The number of furan rings is 1. The van der Waals surface area contributed by atoms with E-state index in [1.807, 2.05) is 13.0 Å². The minimum Gasteiger partial charge on any atom is -0.494 e. The van der Waals surface area contributed by atoms with Crippen molar-refractivity contribution in [2.45, 2.75) is 13.5 Å². The fraction of sp³-hybridized carbons (Fsp3) is 0.154. The van der Waals surface area contributed by atoms with Crippen LogP contribution in [0.4, 0.5) is 0 Å². The fourth-order valence-corrected chi connectivity index (χ4v) is 4.21. The summed E-state index contributed by atoms with van der Waals surface area (Å²) in [6.07, 6.45) is 1.49. The minimum atomic E-state index is -0.483. The first-order chi connectivity index (χ1) is 17.4. The summed E-state index contributed by atoms with van der Waals surface area (Å²) in [5, 5.41) is 5.88. The number of nitrogens with zero attached hydrogens (tertiary/aromatic N) is 1. The van der Waals surface area contributed by atoms with Crippen molar-refractivity contribution in [3.63, 3.8) is 0 Å². The lowest BCUT2D eigenvalue weighted by Crippen LogP contribution is -2.16. The average molecular weight is 592 g/mol. The molecule has 0 bridgehead atoms. The van der Waals surface area contributed by atoms with Crippen molar-refractivity contribution in [2.75, 3.05) is 13.7 Å². The van der Waals surface area contributed by atoms with Gasteiger partial charge in [0.15, 0.2) is 17.3 Å². The van der Waals surface area contributed by atoms with Gasteiger partial charge in [0, 0.05) is 31.0 Å². The van der Waals surface area contributed by atoms with E-state index < -0.39 is 5.91 Å². The number of halogens is 3. The Balaban J connectivity index is 1.44. The Bertz CT molecular complexity index is 1440. The molecule has 1 aromatic heterocycles. The quantitative estimate of drug-likeness (QED) is 0.164. The predicted molar refractivity (Wildman–Crippen MR) is 144 cm³/mol. The fourth-order valence-electron chi connectivity index (χ4n) is 3.32. The van der Waals surface area contributed by atoms with E-state index in [1.54, 1.807) is 48.5 Å². The van der Waals surface area contributed by atoms with Gasteiger partial charge in [-0.2, -0.15) is 5.10 Å². The first-order valence-corrected chi connectivity index (χ1v) is 12.4. The van der Waals surface area contributed by atoms with E-state index >= 15 is 0 Å². The number of carbonyl (C=O) groups excluding carboxylic acids is 1. The molecule has 0 aliphatic heterocycles. The van der Waals surface area contributed by atoms with Crippen LogP contribution in [0.25, 0.3) is 11.0 Å². The van der Waals surface area contributed by atoms with Crippen LogP contribution >= 0.6 is 39.1 Å². The molecule has 0 aliphatic carbocycles. The van der Waals surface area contributed by atoms with E-state index in [0.717, 1.165) is 10.9 Å². The summed E-state index contributed by atoms with van der Waals surface area (Å²) in [4.78, 5) is 12.5. The van der Waals surface area contributed by atoms with Gasteiger partial charge in [-0.3, -0.25) is 4.79 Å². The van der Waals surface area contributed by atoms with E-state index in [2.05, 4.69) is 26.5 Å². The van der Waals surface area contributed by atoms with Crippen molar-refractivity contribution < 1.29 is 23.4 Å². The molecule has 0 radical (unpaired) electrons. The van der Waals surface area contributed by atoms with Crippen LogP contribution in [0.1, 0.15) is 28.6 Å². The normalized spacial score (nSPS) is 11.1. The Morgan fingerprint density at radius 3 is 2.67 bits per heavy atom. The average Bonchev–Trinajstić information content (AvgIpc) is 3.28. The first-order valence-electron chi connectivity index (χ1n) is 10.8. The highest BCUT2D eigenvalue weighted by molar-refractivity contribution is 9.10. The number of hydrazone groups is 1. The second-order valence-corrected chi connectivity index (χ2v) is 9.19. The number of carbonyl (C=O) groups is 1. The molecule has 4 rings (SSSR count). The van der Waals surface area contributed by atoms with E-state index in [0.29, 0.717) is 49.5 Å². The summed E-state index contributed by atoms with van der Waals surface area (Å²) in [5.74, 6) is 1.35. The van der Waals surface area contributed by atoms with Crippen molar-refractivity contribution in [1.29, 1.82) is 0 Å². The number of rotatable bonds is 9. The lowest BCUT2D eigenvalue weighted by Gasteiger charge is -2.13. The number of amides is 1. The van der Waals surface area contributed by atoms with Crippen LogP contribution in [-0.2, 0) is 6.61 Å². The number of nitrogens with one attached hydrogen (secondary N) is 1. The SMILES string of the molecule is CCOc1ccc2oc(C(=O)N/N=C/c3cc(OC)c(OCc4ccc(Cl)cc4Cl)cc3Br)cc2c1. The van der Waals surface area contributed by atoms with E-state index in [9.17, 15) is 4.79 Å². The van der Waals surface area contributed by atoms with Gasteiger partial charge in [-0.15, -0.1) is 0 Å². The minimum absolute atomic E-state index is 0.136. The lowest BCUT2D eigenvalue weighted by molar-refractivity contribution is 0.0929. The molecule has 1 amide bonds.